The summed E-state index contributed by atoms with van der Waals surface area (Å²) in [6.07, 6.45) is 4.58. The molecule has 1 saturated heterocycles. The number of nitrogen functional groups attached to an aromatic ring is 1. The van der Waals surface area contributed by atoms with Crippen LogP contribution in [0.1, 0.15) is 43.4 Å². The van der Waals surface area contributed by atoms with Gasteiger partial charge in [-0.25, -0.2) is 8.42 Å². The average Bonchev–Trinajstić information content (AvgIpc) is 2.94. The minimum Gasteiger partial charge on any atom is -0.381 e. The highest BCUT2D eigenvalue weighted by molar-refractivity contribution is 7.89. The number of nitro benzene ring substituents is 1. The zero-order chi connectivity index (χ0) is 22.4. The molecule has 1 aliphatic heterocycles. The molecular weight excluding hydrogens is 422 g/mol. The smallest absolute Gasteiger partial charge is 0.293 e. The number of rotatable bonds is 8. The van der Waals surface area contributed by atoms with Crippen LogP contribution in [0.15, 0.2) is 23.1 Å². The summed E-state index contributed by atoms with van der Waals surface area (Å²) in [5.41, 5.74) is 6.46. The van der Waals surface area contributed by atoms with Crippen molar-refractivity contribution >= 4 is 27.2 Å². The summed E-state index contributed by atoms with van der Waals surface area (Å²) in [5.74, 6) is 0.141. The Kier molecular flexibility index (Phi) is 7.09. The third-order valence-corrected chi connectivity index (χ3v) is 7.16. The van der Waals surface area contributed by atoms with Gasteiger partial charge in [0.25, 0.3) is 5.69 Å². The van der Waals surface area contributed by atoms with E-state index in [2.05, 4.69) is 15.5 Å². The summed E-state index contributed by atoms with van der Waals surface area (Å²) in [6, 6.07) is 5.94. The van der Waals surface area contributed by atoms with Gasteiger partial charge in [-0.2, -0.15) is 14.7 Å². The first-order chi connectivity index (χ1) is 14.8. The fourth-order valence-electron chi connectivity index (χ4n) is 3.59. The highest BCUT2D eigenvalue weighted by Gasteiger charge is 2.28. The second-order valence-electron chi connectivity index (χ2n) is 7.36. The molecule has 0 radical (unpaired) electrons. The number of sulfonamides is 1. The highest BCUT2D eigenvalue weighted by atomic mass is 32.2. The van der Waals surface area contributed by atoms with Crippen LogP contribution in [-0.4, -0.2) is 47.5 Å². The van der Waals surface area contributed by atoms with Crippen molar-refractivity contribution in [3.05, 3.63) is 39.6 Å². The number of benzene rings is 1. The Labute approximate surface area is 180 Å². The van der Waals surface area contributed by atoms with E-state index in [1.807, 2.05) is 6.07 Å². The van der Waals surface area contributed by atoms with E-state index in [0.717, 1.165) is 31.7 Å². The number of nitrogens with one attached hydrogen (secondary N) is 2. The minimum absolute atomic E-state index is 0.0711. The third kappa shape index (κ3) is 5.12. The van der Waals surface area contributed by atoms with Gasteiger partial charge in [0.15, 0.2) is 5.82 Å². The quantitative estimate of drug-likeness (QED) is 0.314. The number of aryl methyl sites for hydroxylation is 1. The van der Waals surface area contributed by atoms with Crippen molar-refractivity contribution in [1.29, 1.82) is 5.26 Å². The summed E-state index contributed by atoms with van der Waals surface area (Å²) in [5, 5.41) is 30.1. The Bertz CT molecular complexity index is 1080. The van der Waals surface area contributed by atoms with E-state index in [0.29, 0.717) is 43.7 Å². The summed E-state index contributed by atoms with van der Waals surface area (Å²) >= 11 is 0. The Morgan fingerprint density at radius 2 is 2.00 bits per heavy atom. The molecule has 2 aromatic rings. The lowest BCUT2D eigenvalue weighted by Crippen LogP contribution is -2.32. The van der Waals surface area contributed by atoms with Crippen molar-refractivity contribution in [3.8, 4) is 6.07 Å². The molecule has 1 aliphatic rings. The number of nitriles is 1. The first-order valence-electron chi connectivity index (χ1n) is 10.1. The number of hydrogen-bond acceptors (Lipinski definition) is 8. The summed E-state index contributed by atoms with van der Waals surface area (Å²) in [4.78, 5) is 10.9. The molecule has 1 aromatic heterocycles. The molecule has 31 heavy (non-hydrogen) atoms. The fourth-order valence-corrected chi connectivity index (χ4v) is 5.13. The van der Waals surface area contributed by atoms with Crippen LogP contribution in [0.4, 0.5) is 17.2 Å². The van der Waals surface area contributed by atoms with Gasteiger partial charge >= 0.3 is 0 Å². The van der Waals surface area contributed by atoms with E-state index in [-0.39, 0.29) is 22.1 Å². The standard InChI is InChI=1S/C19H25N7O4S/c20-13-15-16(23-24-19(15)21)6-5-9-22-17-8-7-14(12-18(17)26(27)28)31(29,30)25-10-3-1-2-4-11-25/h7-8,12,22H,1-6,9-11H2,(H3,21,23,24). The number of hydrogen-bond donors (Lipinski definition) is 3. The van der Waals surface area contributed by atoms with Crippen LogP contribution in [0.3, 0.4) is 0 Å². The molecule has 12 heteroatoms. The van der Waals surface area contributed by atoms with Crippen LogP contribution in [-0.2, 0) is 16.4 Å². The first kappa shape index (κ1) is 22.5. The molecule has 0 amide bonds. The molecule has 166 valence electrons. The zero-order valence-electron chi connectivity index (χ0n) is 17.0. The number of anilines is 2. The lowest BCUT2D eigenvalue weighted by Gasteiger charge is -2.20. The summed E-state index contributed by atoms with van der Waals surface area (Å²) < 4.78 is 27.3. The molecule has 0 unspecified atom stereocenters. The summed E-state index contributed by atoms with van der Waals surface area (Å²) in [7, 11) is -3.78. The first-order valence-corrected chi connectivity index (χ1v) is 11.5. The zero-order valence-corrected chi connectivity index (χ0v) is 17.8. The monoisotopic (exact) mass is 447 g/mol. The Hall–Kier alpha value is -3.17. The van der Waals surface area contributed by atoms with E-state index in [1.165, 1.54) is 16.4 Å². The second kappa shape index (κ2) is 9.76. The molecule has 2 heterocycles. The molecule has 0 atom stereocenters. The molecule has 3 rings (SSSR count). The molecule has 0 aliphatic carbocycles. The maximum atomic E-state index is 12.9. The molecule has 0 spiro atoms. The SMILES string of the molecule is N#Cc1c(N)n[nH]c1CCCNc1ccc(S(=O)(=O)N2CCCCCC2)cc1[N+](=O)[O-]. The second-order valence-corrected chi connectivity index (χ2v) is 9.30. The maximum Gasteiger partial charge on any atom is 0.293 e. The number of aromatic nitrogens is 2. The number of nitro groups is 1. The van der Waals surface area contributed by atoms with Crippen LogP contribution >= 0.6 is 0 Å². The van der Waals surface area contributed by atoms with Crippen LogP contribution < -0.4 is 11.1 Å². The Morgan fingerprint density at radius 1 is 1.29 bits per heavy atom. The highest BCUT2D eigenvalue weighted by Crippen LogP contribution is 2.30. The normalized spacial score (nSPS) is 15.2. The number of nitrogens with zero attached hydrogens (tertiary/aromatic N) is 4. The van der Waals surface area contributed by atoms with Gasteiger partial charge in [-0.1, -0.05) is 12.8 Å². The maximum absolute atomic E-state index is 12.9. The van der Waals surface area contributed by atoms with Gasteiger partial charge in [0.2, 0.25) is 10.0 Å². The molecular formula is C19H25N7O4S. The molecule has 11 nitrogen and oxygen atoms in total. The number of nitrogens with two attached hydrogens (primary N) is 1. The lowest BCUT2D eigenvalue weighted by atomic mass is 10.1. The fraction of sp³-hybridized carbons (Fsp3) is 0.474. The van der Waals surface area contributed by atoms with Crippen LogP contribution in [0.5, 0.6) is 0 Å². The van der Waals surface area contributed by atoms with Gasteiger partial charge in [-0.3, -0.25) is 15.2 Å². The van der Waals surface area contributed by atoms with Gasteiger partial charge in [0.05, 0.1) is 15.5 Å². The lowest BCUT2D eigenvalue weighted by molar-refractivity contribution is -0.384. The van der Waals surface area contributed by atoms with E-state index >= 15 is 0 Å². The predicted molar refractivity (Wildman–Crippen MR) is 115 cm³/mol. The van der Waals surface area contributed by atoms with Gasteiger partial charge < -0.3 is 11.1 Å². The van der Waals surface area contributed by atoms with Crippen molar-refractivity contribution in [2.75, 3.05) is 30.7 Å². The third-order valence-electron chi connectivity index (χ3n) is 5.27. The Morgan fingerprint density at radius 3 is 2.65 bits per heavy atom. The van der Waals surface area contributed by atoms with Gasteiger partial charge in [-0.15, -0.1) is 0 Å². The number of aromatic amines is 1. The van der Waals surface area contributed by atoms with Gasteiger partial charge in [0.1, 0.15) is 17.3 Å². The minimum atomic E-state index is -3.78. The van der Waals surface area contributed by atoms with Crippen molar-refractivity contribution < 1.29 is 13.3 Å². The average molecular weight is 448 g/mol. The largest absolute Gasteiger partial charge is 0.381 e. The molecule has 0 saturated carbocycles. The molecule has 1 aromatic carbocycles. The Balaban J connectivity index is 1.70. The topological polar surface area (TPSA) is 171 Å². The van der Waals surface area contributed by atoms with E-state index in [1.54, 1.807) is 0 Å². The van der Waals surface area contributed by atoms with Crippen molar-refractivity contribution in [2.45, 2.75) is 43.4 Å². The number of H-pyrrole nitrogens is 1. The van der Waals surface area contributed by atoms with Crippen LogP contribution in [0, 0.1) is 21.4 Å². The molecule has 0 bridgehead atoms. The van der Waals surface area contributed by atoms with Crippen LogP contribution in [0.25, 0.3) is 0 Å². The van der Waals surface area contributed by atoms with Crippen molar-refractivity contribution in [3.63, 3.8) is 0 Å². The molecule has 4 N–H and O–H groups in total. The van der Waals surface area contributed by atoms with Gasteiger partial charge in [-0.05, 0) is 37.8 Å². The molecule has 1 fully saturated rings. The summed E-state index contributed by atoms with van der Waals surface area (Å²) in [6.45, 7) is 1.24. The van der Waals surface area contributed by atoms with Crippen LogP contribution in [0.2, 0.25) is 0 Å². The van der Waals surface area contributed by atoms with Gasteiger partial charge in [0, 0.05) is 25.7 Å². The van der Waals surface area contributed by atoms with E-state index in [4.69, 9.17) is 11.0 Å². The van der Waals surface area contributed by atoms with E-state index in [9.17, 15) is 18.5 Å². The predicted octanol–water partition coefficient (Wildman–Crippen LogP) is 2.38. The van der Waals surface area contributed by atoms with E-state index < -0.39 is 14.9 Å². The van der Waals surface area contributed by atoms with Crippen molar-refractivity contribution in [1.82, 2.24) is 14.5 Å². The van der Waals surface area contributed by atoms with Crippen molar-refractivity contribution in [2.24, 2.45) is 0 Å².